The molecular formula is C17H17F4N3O4S. The zero-order valence-electron chi connectivity index (χ0n) is 15.1. The minimum atomic E-state index is -4.92. The Kier molecular flexibility index (Phi) is 5.70. The molecule has 158 valence electrons. The smallest absolute Gasteiger partial charge is 0.380 e. The first kappa shape index (κ1) is 21.3. The summed E-state index contributed by atoms with van der Waals surface area (Å²) in [7, 11) is -2.50. The van der Waals surface area contributed by atoms with Crippen molar-refractivity contribution in [1.29, 1.82) is 0 Å². The van der Waals surface area contributed by atoms with Crippen LogP contribution in [0.4, 0.5) is 23.2 Å². The van der Waals surface area contributed by atoms with Crippen LogP contribution in [-0.2, 0) is 28.0 Å². The van der Waals surface area contributed by atoms with Crippen molar-refractivity contribution >= 4 is 21.6 Å². The van der Waals surface area contributed by atoms with E-state index in [0.29, 0.717) is 25.2 Å². The molecule has 29 heavy (non-hydrogen) atoms. The number of aryl methyl sites for hydroxylation is 1. The van der Waals surface area contributed by atoms with Gasteiger partial charge in [-0.15, -0.1) is 0 Å². The van der Waals surface area contributed by atoms with E-state index in [2.05, 4.69) is 10.0 Å². The molecule has 1 fully saturated rings. The Labute approximate surface area is 163 Å². The Hall–Kier alpha value is -2.44. The third kappa shape index (κ3) is 4.77. The highest BCUT2D eigenvalue weighted by atomic mass is 32.2. The van der Waals surface area contributed by atoms with Crippen molar-refractivity contribution in [2.24, 2.45) is 7.05 Å². The molecule has 0 saturated carbocycles. The first-order valence-electron chi connectivity index (χ1n) is 8.42. The van der Waals surface area contributed by atoms with Crippen LogP contribution >= 0.6 is 0 Å². The Bertz CT molecular complexity index is 1030. The summed E-state index contributed by atoms with van der Waals surface area (Å²) in [6.45, 7) is 0.679. The van der Waals surface area contributed by atoms with E-state index in [0.717, 1.165) is 12.1 Å². The van der Waals surface area contributed by atoms with Gasteiger partial charge in [-0.05, 0) is 30.7 Å². The van der Waals surface area contributed by atoms with Crippen molar-refractivity contribution in [3.05, 3.63) is 47.5 Å². The number of ether oxygens (including phenoxy) is 1. The molecule has 1 amide bonds. The van der Waals surface area contributed by atoms with Gasteiger partial charge < -0.3 is 14.6 Å². The summed E-state index contributed by atoms with van der Waals surface area (Å²) < 4.78 is 85.5. The number of hydrogen-bond donors (Lipinski definition) is 2. The second kappa shape index (κ2) is 7.76. The Morgan fingerprint density at radius 2 is 2.00 bits per heavy atom. The number of aromatic nitrogens is 1. The fourth-order valence-corrected chi connectivity index (χ4v) is 4.16. The molecule has 7 nitrogen and oxygen atoms in total. The van der Waals surface area contributed by atoms with Crippen LogP contribution in [0.3, 0.4) is 0 Å². The van der Waals surface area contributed by atoms with Gasteiger partial charge in [0.25, 0.3) is 5.91 Å². The maximum atomic E-state index is 13.4. The van der Waals surface area contributed by atoms with Crippen molar-refractivity contribution in [2.75, 3.05) is 18.5 Å². The van der Waals surface area contributed by atoms with Gasteiger partial charge in [-0.2, -0.15) is 13.2 Å². The maximum Gasteiger partial charge on any atom is 0.419 e. The molecule has 0 spiro atoms. The van der Waals surface area contributed by atoms with Gasteiger partial charge in [-0.1, -0.05) is 0 Å². The summed E-state index contributed by atoms with van der Waals surface area (Å²) in [6, 6.07) is 2.76. The van der Waals surface area contributed by atoms with Crippen LogP contribution in [0.2, 0.25) is 0 Å². The van der Waals surface area contributed by atoms with Crippen LogP contribution in [0, 0.1) is 5.82 Å². The van der Waals surface area contributed by atoms with Crippen LogP contribution < -0.4 is 10.0 Å². The number of hydrogen-bond acceptors (Lipinski definition) is 4. The molecule has 1 aliphatic rings. The van der Waals surface area contributed by atoms with Crippen molar-refractivity contribution in [2.45, 2.75) is 23.5 Å². The van der Waals surface area contributed by atoms with E-state index in [4.69, 9.17) is 4.74 Å². The second-order valence-electron chi connectivity index (χ2n) is 6.50. The number of amides is 1. The lowest BCUT2D eigenvalue weighted by Gasteiger charge is -2.11. The van der Waals surface area contributed by atoms with Crippen LogP contribution in [0.15, 0.2) is 35.4 Å². The van der Waals surface area contributed by atoms with E-state index in [1.807, 2.05) is 0 Å². The number of benzene rings is 1. The summed E-state index contributed by atoms with van der Waals surface area (Å²) in [5.74, 6) is -2.32. The molecule has 1 saturated heterocycles. The quantitative estimate of drug-likeness (QED) is 0.707. The van der Waals surface area contributed by atoms with E-state index in [1.54, 1.807) is 0 Å². The van der Waals surface area contributed by atoms with Gasteiger partial charge in [0, 0.05) is 31.6 Å². The van der Waals surface area contributed by atoms with E-state index in [9.17, 15) is 30.8 Å². The predicted octanol–water partition coefficient (Wildman–Crippen LogP) is 2.50. The van der Waals surface area contributed by atoms with E-state index in [-0.39, 0.29) is 28.9 Å². The molecule has 3 rings (SSSR count). The Balaban J connectivity index is 1.80. The van der Waals surface area contributed by atoms with Crippen molar-refractivity contribution in [1.82, 2.24) is 9.29 Å². The minimum Gasteiger partial charge on any atom is -0.380 e. The van der Waals surface area contributed by atoms with Gasteiger partial charge in [-0.3, -0.25) is 4.79 Å². The molecular weight excluding hydrogens is 418 g/mol. The molecule has 2 aromatic rings. The maximum absolute atomic E-state index is 13.4. The van der Waals surface area contributed by atoms with Crippen LogP contribution in [0.5, 0.6) is 0 Å². The average molecular weight is 435 g/mol. The Morgan fingerprint density at radius 3 is 2.62 bits per heavy atom. The average Bonchev–Trinajstić information content (AvgIpc) is 3.25. The molecule has 0 aliphatic carbocycles. The highest BCUT2D eigenvalue weighted by Crippen LogP contribution is 2.33. The minimum absolute atomic E-state index is 0.106. The van der Waals surface area contributed by atoms with Gasteiger partial charge in [0.05, 0.1) is 12.2 Å². The number of nitrogens with one attached hydrogen (secondary N) is 2. The first-order valence-corrected chi connectivity index (χ1v) is 9.90. The molecule has 0 radical (unpaired) electrons. The Morgan fingerprint density at radius 1 is 1.28 bits per heavy atom. The molecule has 0 unspecified atom stereocenters. The van der Waals surface area contributed by atoms with E-state index >= 15 is 0 Å². The standard InChI is InChI=1S/C17H17F4N3O4S/c1-24-8-12(29(26,27)23-11-4-5-28-9-11)7-15(24)16(25)22-10-2-3-14(18)13(6-10)17(19,20)21/h2-3,6-8,11,23H,4-5,9H2,1H3,(H,22,25)/t11-/m0/s1. The molecule has 1 aliphatic heterocycles. The van der Waals surface area contributed by atoms with Gasteiger partial charge in [0.2, 0.25) is 10.0 Å². The highest BCUT2D eigenvalue weighted by Gasteiger charge is 2.34. The lowest BCUT2D eigenvalue weighted by molar-refractivity contribution is -0.139. The third-order valence-corrected chi connectivity index (χ3v) is 5.79. The summed E-state index contributed by atoms with van der Waals surface area (Å²) in [5, 5.41) is 2.21. The molecule has 1 aromatic carbocycles. The number of sulfonamides is 1. The van der Waals surface area contributed by atoms with Crippen LogP contribution in [-0.4, -0.2) is 38.1 Å². The number of anilines is 1. The topological polar surface area (TPSA) is 89.4 Å². The zero-order valence-corrected chi connectivity index (χ0v) is 15.9. The molecule has 1 aromatic heterocycles. The first-order chi connectivity index (χ1) is 13.5. The fourth-order valence-electron chi connectivity index (χ4n) is 2.84. The molecule has 2 N–H and O–H groups in total. The van der Waals surface area contributed by atoms with Crippen molar-refractivity contribution in [3.8, 4) is 0 Å². The summed E-state index contributed by atoms with van der Waals surface area (Å²) in [6.07, 6.45) is -3.20. The lowest BCUT2D eigenvalue weighted by atomic mass is 10.1. The third-order valence-electron chi connectivity index (χ3n) is 4.30. The van der Waals surface area contributed by atoms with Gasteiger partial charge in [0.1, 0.15) is 16.4 Å². The summed E-state index contributed by atoms with van der Waals surface area (Å²) >= 11 is 0. The predicted molar refractivity (Wildman–Crippen MR) is 94.3 cm³/mol. The summed E-state index contributed by atoms with van der Waals surface area (Å²) in [5.41, 5.74) is -1.91. The number of halogens is 4. The SMILES string of the molecule is Cn1cc(S(=O)(=O)N[C@H]2CCOC2)cc1C(=O)Nc1ccc(F)c(C(F)(F)F)c1. The van der Waals surface area contributed by atoms with E-state index < -0.39 is 33.5 Å². The zero-order chi connectivity index (χ0) is 21.4. The van der Waals surface area contributed by atoms with Crippen molar-refractivity contribution < 1.29 is 35.5 Å². The van der Waals surface area contributed by atoms with Crippen LogP contribution in [0.1, 0.15) is 22.5 Å². The largest absolute Gasteiger partial charge is 0.419 e. The number of alkyl halides is 3. The van der Waals surface area contributed by atoms with Crippen molar-refractivity contribution in [3.63, 3.8) is 0 Å². The molecule has 12 heteroatoms. The molecule has 0 bridgehead atoms. The number of carbonyl (C=O) groups excluding carboxylic acids is 1. The van der Waals surface area contributed by atoms with Gasteiger partial charge >= 0.3 is 6.18 Å². The molecule has 1 atom stereocenters. The monoisotopic (exact) mass is 435 g/mol. The fraction of sp³-hybridized carbons (Fsp3) is 0.353. The number of carbonyl (C=O) groups is 1. The normalized spacial score (nSPS) is 17.5. The van der Waals surface area contributed by atoms with E-state index in [1.165, 1.54) is 17.8 Å². The summed E-state index contributed by atoms with van der Waals surface area (Å²) in [4.78, 5) is 12.2. The second-order valence-corrected chi connectivity index (χ2v) is 8.21. The van der Waals surface area contributed by atoms with Crippen LogP contribution in [0.25, 0.3) is 0 Å². The molecule has 2 heterocycles. The van der Waals surface area contributed by atoms with Gasteiger partial charge in [0.15, 0.2) is 0 Å². The van der Waals surface area contributed by atoms with Gasteiger partial charge in [-0.25, -0.2) is 17.5 Å². The number of nitrogens with zero attached hydrogens (tertiary/aromatic N) is 1. The lowest BCUT2D eigenvalue weighted by Crippen LogP contribution is -2.34. The highest BCUT2D eigenvalue weighted by molar-refractivity contribution is 7.89. The number of rotatable bonds is 5.